The Bertz CT molecular complexity index is 1180. The van der Waals surface area contributed by atoms with Gasteiger partial charge in [0.2, 0.25) is 0 Å². The summed E-state index contributed by atoms with van der Waals surface area (Å²) < 4.78 is 51.8. The molecule has 3 aromatic rings. The van der Waals surface area contributed by atoms with Gasteiger partial charge in [-0.1, -0.05) is 12.1 Å². The first-order chi connectivity index (χ1) is 12.7. The molecule has 0 aliphatic rings. The van der Waals surface area contributed by atoms with Crippen molar-refractivity contribution < 1.29 is 17.2 Å². The topological polar surface area (TPSA) is 70.8 Å². The minimum Gasteiger partial charge on any atom is -0.264 e. The highest BCUT2D eigenvalue weighted by Gasteiger charge is 2.22. The number of pyridine rings is 1. The van der Waals surface area contributed by atoms with Crippen molar-refractivity contribution in [2.45, 2.75) is 11.8 Å². The zero-order valence-corrected chi connectivity index (χ0v) is 15.3. The lowest BCUT2D eigenvalue weighted by Crippen LogP contribution is -2.05. The summed E-state index contributed by atoms with van der Waals surface area (Å²) in [5.41, 5.74) is 3.17. The Morgan fingerprint density at radius 3 is 2.26 bits per heavy atom. The smallest absolute Gasteiger partial charge is 0.181 e. The summed E-state index contributed by atoms with van der Waals surface area (Å²) in [7, 11) is -4.04. The van der Waals surface area contributed by atoms with Gasteiger partial charge in [0.15, 0.2) is 9.84 Å². The van der Waals surface area contributed by atoms with E-state index in [1.807, 2.05) is 6.92 Å². The second kappa shape index (κ2) is 6.89. The van der Waals surface area contributed by atoms with Crippen molar-refractivity contribution in [3.05, 3.63) is 71.6 Å². The molecule has 0 saturated heterocycles. The van der Waals surface area contributed by atoms with E-state index in [0.717, 1.165) is 24.0 Å². The van der Waals surface area contributed by atoms with Crippen LogP contribution in [0.2, 0.25) is 0 Å². The van der Waals surface area contributed by atoms with E-state index < -0.39 is 26.4 Å². The maximum Gasteiger partial charge on any atom is 0.181 e. The normalized spacial score (nSPS) is 11.2. The fourth-order valence-electron chi connectivity index (χ4n) is 2.86. The summed E-state index contributed by atoms with van der Waals surface area (Å²) in [6.07, 6.45) is 3.72. The average molecular weight is 384 g/mol. The molecule has 0 spiro atoms. The van der Waals surface area contributed by atoms with E-state index in [9.17, 15) is 22.5 Å². The predicted molar refractivity (Wildman–Crippen MR) is 97.6 cm³/mol. The van der Waals surface area contributed by atoms with Crippen molar-refractivity contribution in [1.82, 2.24) is 4.98 Å². The molecule has 136 valence electrons. The van der Waals surface area contributed by atoms with Crippen molar-refractivity contribution in [3.8, 4) is 28.3 Å². The van der Waals surface area contributed by atoms with Crippen LogP contribution in [-0.2, 0) is 9.84 Å². The third-order valence-corrected chi connectivity index (χ3v) is 5.30. The molecule has 1 heterocycles. The highest BCUT2D eigenvalue weighted by Crippen LogP contribution is 2.34. The quantitative estimate of drug-likeness (QED) is 0.676. The van der Waals surface area contributed by atoms with Crippen LogP contribution in [0.3, 0.4) is 0 Å². The van der Waals surface area contributed by atoms with Crippen molar-refractivity contribution >= 4 is 9.84 Å². The Kier molecular flexibility index (Phi) is 4.77. The lowest BCUT2D eigenvalue weighted by Gasteiger charge is -2.12. The average Bonchev–Trinajstić information content (AvgIpc) is 2.60. The molecule has 0 fully saturated rings. The first-order valence-corrected chi connectivity index (χ1v) is 9.76. The van der Waals surface area contributed by atoms with Crippen molar-refractivity contribution in [3.63, 3.8) is 0 Å². The van der Waals surface area contributed by atoms with Gasteiger partial charge in [-0.25, -0.2) is 17.2 Å². The van der Waals surface area contributed by atoms with E-state index in [1.54, 1.807) is 24.3 Å². The van der Waals surface area contributed by atoms with Crippen LogP contribution >= 0.6 is 0 Å². The zero-order chi connectivity index (χ0) is 19.8. The van der Waals surface area contributed by atoms with E-state index in [2.05, 4.69) is 11.1 Å². The molecule has 0 amide bonds. The molecule has 4 nitrogen and oxygen atoms in total. The molecular formula is C20H14F2N2O2S. The van der Waals surface area contributed by atoms with Crippen molar-refractivity contribution in [1.29, 1.82) is 5.26 Å². The van der Waals surface area contributed by atoms with Gasteiger partial charge < -0.3 is 0 Å². The predicted octanol–water partition coefficient (Wildman–Crippen LogP) is 4.28. The monoisotopic (exact) mass is 384 g/mol. The van der Waals surface area contributed by atoms with Gasteiger partial charge >= 0.3 is 0 Å². The number of hydrogen-bond acceptors (Lipinski definition) is 4. The molecule has 27 heavy (non-hydrogen) atoms. The van der Waals surface area contributed by atoms with Crippen LogP contribution in [0, 0.1) is 29.9 Å². The molecule has 0 aliphatic carbocycles. The molecule has 0 N–H and O–H groups in total. The van der Waals surface area contributed by atoms with E-state index in [4.69, 9.17) is 0 Å². The highest BCUT2D eigenvalue weighted by atomic mass is 32.2. The number of aromatic nitrogens is 1. The lowest BCUT2D eigenvalue weighted by molar-refractivity contribution is 0.522. The number of halogens is 2. The molecule has 2 aromatic carbocycles. The third-order valence-electron chi connectivity index (χ3n) is 4.17. The molecule has 0 aliphatic heterocycles. The molecule has 0 bridgehead atoms. The van der Waals surface area contributed by atoms with Gasteiger partial charge in [-0.05, 0) is 53.4 Å². The van der Waals surface area contributed by atoms with Gasteiger partial charge in [0.25, 0.3) is 0 Å². The maximum atomic E-state index is 14.3. The minimum atomic E-state index is -4.04. The van der Waals surface area contributed by atoms with E-state index >= 15 is 0 Å². The Morgan fingerprint density at radius 1 is 1.00 bits per heavy atom. The number of sulfone groups is 1. The molecule has 1 aromatic heterocycles. The van der Waals surface area contributed by atoms with Gasteiger partial charge in [0, 0.05) is 24.2 Å². The van der Waals surface area contributed by atoms with Crippen molar-refractivity contribution in [2.75, 3.05) is 6.26 Å². The fraction of sp³-hybridized carbons (Fsp3) is 0.100. The summed E-state index contributed by atoms with van der Waals surface area (Å²) in [4.78, 5) is 3.05. The van der Waals surface area contributed by atoms with Crippen LogP contribution in [0.5, 0.6) is 0 Å². The van der Waals surface area contributed by atoms with E-state index in [0.29, 0.717) is 22.3 Å². The second-order valence-corrected chi connectivity index (χ2v) is 8.06. The highest BCUT2D eigenvalue weighted by molar-refractivity contribution is 7.90. The Hall–Kier alpha value is -3.11. The molecule has 0 atom stereocenters. The number of rotatable bonds is 3. The fourth-order valence-corrected chi connectivity index (χ4v) is 3.68. The Balaban J connectivity index is 2.23. The molecule has 0 unspecified atom stereocenters. The van der Waals surface area contributed by atoms with Crippen LogP contribution in [0.4, 0.5) is 8.78 Å². The van der Waals surface area contributed by atoms with Crippen LogP contribution < -0.4 is 0 Å². The van der Waals surface area contributed by atoms with Crippen molar-refractivity contribution in [2.24, 2.45) is 0 Å². The number of benzene rings is 2. The summed E-state index contributed by atoms with van der Waals surface area (Å²) in [5.74, 6) is -2.33. The summed E-state index contributed by atoms with van der Waals surface area (Å²) in [6, 6.07) is 11.0. The SMILES string of the molecule is Cc1ccc(-c2ccncc2-c2cc(F)c(S(C)(=O)=O)c(F)c2)cc1C#N. The van der Waals surface area contributed by atoms with Gasteiger partial charge in [-0.3, -0.25) is 4.98 Å². The number of hydrogen-bond donors (Lipinski definition) is 0. The first-order valence-electron chi connectivity index (χ1n) is 7.87. The Morgan fingerprint density at radius 2 is 1.67 bits per heavy atom. The second-order valence-electron chi connectivity index (χ2n) is 6.10. The zero-order valence-electron chi connectivity index (χ0n) is 14.5. The van der Waals surface area contributed by atoms with Gasteiger partial charge in [-0.15, -0.1) is 0 Å². The molecule has 3 rings (SSSR count). The number of aryl methyl sites for hydroxylation is 1. The molecule has 0 saturated carbocycles. The largest absolute Gasteiger partial charge is 0.264 e. The van der Waals surface area contributed by atoms with E-state index in [-0.39, 0.29) is 5.56 Å². The molecular weight excluding hydrogens is 370 g/mol. The van der Waals surface area contributed by atoms with Crippen LogP contribution in [0.1, 0.15) is 11.1 Å². The number of nitriles is 1. The standard InChI is InChI=1S/C20H14F2N2O2S/c1-12-3-4-13(7-15(12)10-23)16-5-6-24-11-17(16)14-8-18(21)20(19(22)9-14)27(2,25)26/h3-9,11H,1-2H3. The lowest BCUT2D eigenvalue weighted by atomic mass is 9.94. The van der Waals surface area contributed by atoms with Crippen LogP contribution in [-0.4, -0.2) is 19.7 Å². The van der Waals surface area contributed by atoms with Gasteiger partial charge in [-0.2, -0.15) is 5.26 Å². The molecule has 0 radical (unpaired) electrons. The van der Waals surface area contributed by atoms with Gasteiger partial charge in [0.1, 0.15) is 16.5 Å². The summed E-state index contributed by atoms with van der Waals surface area (Å²) in [5, 5.41) is 9.24. The van der Waals surface area contributed by atoms with Crippen LogP contribution in [0.15, 0.2) is 53.7 Å². The summed E-state index contributed by atoms with van der Waals surface area (Å²) in [6.45, 7) is 1.81. The van der Waals surface area contributed by atoms with Gasteiger partial charge in [0.05, 0.1) is 11.6 Å². The Labute approximate surface area is 155 Å². The van der Waals surface area contributed by atoms with Crippen LogP contribution in [0.25, 0.3) is 22.3 Å². The van der Waals surface area contributed by atoms with E-state index in [1.165, 1.54) is 12.4 Å². The number of nitrogens with zero attached hydrogens (tertiary/aromatic N) is 2. The minimum absolute atomic E-state index is 0.152. The maximum absolute atomic E-state index is 14.3. The summed E-state index contributed by atoms with van der Waals surface area (Å²) >= 11 is 0. The first kappa shape index (κ1) is 18.7. The third kappa shape index (κ3) is 3.57. The molecule has 7 heteroatoms.